The van der Waals surface area contributed by atoms with Crippen molar-refractivity contribution < 1.29 is 9.53 Å². The second-order valence-corrected chi connectivity index (χ2v) is 8.92. The quantitative estimate of drug-likeness (QED) is 0.796. The first-order valence-corrected chi connectivity index (χ1v) is 11.3. The molecular formula is C23H32N4O2. The van der Waals surface area contributed by atoms with Gasteiger partial charge in [-0.3, -0.25) is 9.69 Å². The van der Waals surface area contributed by atoms with Crippen LogP contribution >= 0.6 is 0 Å². The minimum atomic E-state index is 0.0510. The van der Waals surface area contributed by atoms with Crippen molar-refractivity contribution in [3.63, 3.8) is 0 Å². The molecule has 0 spiro atoms. The monoisotopic (exact) mass is 396 g/mol. The number of imidazole rings is 1. The van der Waals surface area contributed by atoms with E-state index in [9.17, 15) is 4.79 Å². The molecule has 1 atom stereocenters. The summed E-state index contributed by atoms with van der Waals surface area (Å²) in [5, 5.41) is 0. The minimum absolute atomic E-state index is 0.0510. The zero-order valence-corrected chi connectivity index (χ0v) is 17.3. The normalized spacial score (nSPS) is 24.4. The molecular weight excluding hydrogens is 364 g/mol. The van der Waals surface area contributed by atoms with E-state index in [1.165, 1.54) is 38.5 Å². The molecule has 4 heterocycles. The average Bonchev–Trinajstić information content (AvgIpc) is 3.40. The van der Waals surface area contributed by atoms with Gasteiger partial charge < -0.3 is 14.0 Å². The molecule has 6 nitrogen and oxygen atoms in total. The lowest BCUT2D eigenvalue weighted by Crippen LogP contribution is -2.41. The Labute approximate surface area is 172 Å². The highest BCUT2D eigenvalue weighted by atomic mass is 16.5. The van der Waals surface area contributed by atoms with E-state index < -0.39 is 0 Å². The van der Waals surface area contributed by atoms with Crippen molar-refractivity contribution >= 4 is 11.6 Å². The summed E-state index contributed by atoms with van der Waals surface area (Å²) in [5.74, 6) is 1.79. The number of hydrogen-bond acceptors (Lipinski definition) is 4. The first kappa shape index (κ1) is 19.1. The summed E-state index contributed by atoms with van der Waals surface area (Å²) in [6.45, 7) is 5.63. The van der Waals surface area contributed by atoms with Crippen LogP contribution in [0.2, 0.25) is 0 Å². The minimum Gasteiger partial charge on any atom is -0.378 e. The molecule has 2 aromatic heterocycles. The molecule has 1 amide bonds. The maximum Gasteiger partial charge on any atom is 0.274 e. The number of carbonyl (C=O) groups is 1. The molecule has 2 aliphatic heterocycles. The number of carbonyl (C=O) groups excluding carboxylic acids is 1. The van der Waals surface area contributed by atoms with Crippen LogP contribution in [0.25, 0.3) is 5.65 Å². The van der Waals surface area contributed by atoms with Gasteiger partial charge >= 0.3 is 0 Å². The average molecular weight is 397 g/mol. The standard InChI is InChI=1S/C23H32N4O2/c28-23(26-12-14-29-15-13-26)22-20(27-10-5-4-8-21(27)24-22)17-25-11-9-19(16-25)18-6-2-1-3-7-18/h4-5,8,10,18-19H,1-3,6-7,9,11-17H2/t19-/m0/s1. The Morgan fingerprint density at radius 3 is 2.69 bits per heavy atom. The number of nitrogens with zero attached hydrogens (tertiary/aromatic N) is 4. The van der Waals surface area contributed by atoms with Gasteiger partial charge in [0.15, 0.2) is 5.69 Å². The van der Waals surface area contributed by atoms with Crippen LogP contribution in [0, 0.1) is 11.8 Å². The zero-order chi connectivity index (χ0) is 19.6. The van der Waals surface area contributed by atoms with Gasteiger partial charge in [-0.05, 0) is 36.9 Å². The third-order valence-corrected chi connectivity index (χ3v) is 7.13. The Morgan fingerprint density at radius 2 is 1.86 bits per heavy atom. The topological polar surface area (TPSA) is 50.1 Å². The van der Waals surface area contributed by atoms with Crippen LogP contribution < -0.4 is 0 Å². The zero-order valence-electron chi connectivity index (χ0n) is 17.3. The van der Waals surface area contributed by atoms with Crippen LogP contribution in [0.1, 0.15) is 54.7 Å². The molecule has 29 heavy (non-hydrogen) atoms. The van der Waals surface area contributed by atoms with Crippen LogP contribution in [0.15, 0.2) is 24.4 Å². The predicted octanol–water partition coefficient (Wildman–Crippen LogP) is 3.21. The van der Waals surface area contributed by atoms with Crippen molar-refractivity contribution in [2.75, 3.05) is 39.4 Å². The Kier molecular flexibility index (Phi) is 5.55. The molecule has 0 N–H and O–H groups in total. The highest BCUT2D eigenvalue weighted by Crippen LogP contribution is 2.35. The molecule has 6 heteroatoms. The fraction of sp³-hybridized carbons (Fsp3) is 0.652. The van der Waals surface area contributed by atoms with Crippen molar-refractivity contribution in [1.82, 2.24) is 19.2 Å². The summed E-state index contributed by atoms with van der Waals surface area (Å²) in [6, 6.07) is 6.01. The number of pyridine rings is 1. The van der Waals surface area contributed by atoms with Gasteiger partial charge in [-0.15, -0.1) is 0 Å². The molecule has 2 aromatic rings. The van der Waals surface area contributed by atoms with Crippen molar-refractivity contribution in [3.05, 3.63) is 35.8 Å². The number of aromatic nitrogens is 2. The van der Waals surface area contributed by atoms with Crippen molar-refractivity contribution in [3.8, 4) is 0 Å². The van der Waals surface area contributed by atoms with Gasteiger partial charge in [-0.1, -0.05) is 38.2 Å². The number of likely N-dealkylation sites (tertiary alicyclic amines) is 1. The number of ether oxygens (including phenoxy) is 1. The molecule has 3 aliphatic rings. The third kappa shape index (κ3) is 3.92. The van der Waals surface area contributed by atoms with Crippen molar-refractivity contribution in [2.45, 2.75) is 45.1 Å². The molecule has 0 unspecified atom stereocenters. The lowest BCUT2D eigenvalue weighted by atomic mass is 9.80. The summed E-state index contributed by atoms with van der Waals surface area (Å²) in [6.07, 6.45) is 10.4. The van der Waals surface area contributed by atoms with Gasteiger partial charge in [0.2, 0.25) is 0 Å². The van der Waals surface area contributed by atoms with E-state index in [0.717, 1.165) is 42.8 Å². The van der Waals surface area contributed by atoms with Crippen molar-refractivity contribution in [1.29, 1.82) is 0 Å². The summed E-state index contributed by atoms with van der Waals surface area (Å²) < 4.78 is 7.54. The number of rotatable bonds is 4. The van der Waals surface area contributed by atoms with E-state index in [4.69, 9.17) is 9.72 Å². The first-order chi connectivity index (χ1) is 14.3. The summed E-state index contributed by atoms with van der Waals surface area (Å²) in [7, 11) is 0. The van der Waals surface area contributed by atoms with Gasteiger partial charge in [0, 0.05) is 32.4 Å². The van der Waals surface area contributed by atoms with E-state index in [1.807, 2.05) is 29.3 Å². The molecule has 0 radical (unpaired) electrons. The van der Waals surface area contributed by atoms with E-state index in [-0.39, 0.29) is 5.91 Å². The fourth-order valence-electron chi connectivity index (χ4n) is 5.49. The van der Waals surface area contributed by atoms with E-state index in [1.54, 1.807) is 0 Å². The Hall–Kier alpha value is -1.92. The van der Waals surface area contributed by atoms with Gasteiger partial charge in [0.25, 0.3) is 5.91 Å². The second kappa shape index (κ2) is 8.44. The lowest BCUT2D eigenvalue weighted by molar-refractivity contribution is 0.0298. The van der Waals surface area contributed by atoms with E-state index in [2.05, 4.69) is 9.30 Å². The molecule has 156 valence electrons. The van der Waals surface area contributed by atoms with E-state index in [0.29, 0.717) is 32.0 Å². The fourth-order valence-corrected chi connectivity index (χ4v) is 5.49. The van der Waals surface area contributed by atoms with Gasteiger partial charge in [-0.2, -0.15) is 0 Å². The van der Waals surface area contributed by atoms with Crippen LogP contribution in [-0.4, -0.2) is 64.5 Å². The number of fused-ring (bicyclic) bond motifs is 1. The van der Waals surface area contributed by atoms with Gasteiger partial charge in [-0.25, -0.2) is 4.98 Å². The summed E-state index contributed by atoms with van der Waals surface area (Å²) >= 11 is 0. The molecule has 1 aliphatic carbocycles. The van der Waals surface area contributed by atoms with Gasteiger partial charge in [0.05, 0.1) is 18.9 Å². The predicted molar refractivity (Wildman–Crippen MR) is 112 cm³/mol. The van der Waals surface area contributed by atoms with Gasteiger partial charge in [0.1, 0.15) is 5.65 Å². The van der Waals surface area contributed by atoms with Crippen molar-refractivity contribution in [2.24, 2.45) is 11.8 Å². The maximum atomic E-state index is 13.3. The SMILES string of the molecule is O=C(c1nc2ccccn2c1CN1CC[C@H](C2CCCCC2)C1)N1CCOCC1. The number of morpholine rings is 1. The molecule has 1 saturated carbocycles. The molecule has 5 rings (SSSR count). The summed E-state index contributed by atoms with van der Waals surface area (Å²) in [4.78, 5) is 22.4. The largest absolute Gasteiger partial charge is 0.378 e. The Morgan fingerprint density at radius 1 is 1.03 bits per heavy atom. The third-order valence-electron chi connectivity index (χ3n) is 7.13. The Bertz CT molecular complexity index is 852. The van der Waals surface area contributed by atoms with Crippen LogP contribution in [-0.2, 0) is 11.3 Å². The number of hydrogen-bond donors (Lipinski definition) is 0. The van der Waals surface area contributed by atoms with Crippen LogP contribution in [0.5, 0.6) is 0 Å². The molecule has 3 fully saturated rings. The van der Waals surface area contributed by atoms with Crippen LogP contribution in [0.3, 0.4) is 0 Å². The first-order valence-electron chi connectivity index (χ1n) is 11.3. The second-order valence-electron chi connectivity index (χ2n) is 8.92. The lowest BCUT2D eigenvalue weighted by Gasteiger charge is -2.28. The summed E-state index contributed by atoms with van der Waals surface area (Å²) in [5.41, 5.74) is 2.53. The smallest absolute Gasteiger partial charge is 0.274 e. The highest BCUT2D eigenvalue weighted by molar-refractivity contribution is 5.94. The molecule has 0 aromatic carbocycles. The van der Waals surface area contributed by atoms with Crippen LogP contribution in [0.4, 0.5) is 0 Å². The van der Waals surface area contributed by atoms with E-state index >= 15 is 0 Å². The molecule has 0 bridgehead atoms. The molecule has 2 saturated heterocycles. The Balaban J connectivity index is 1.36. The highest BCUT2D eigenvalue weighted by Gasteiger charge is 2.32. The number of amides is 1. The maximum absolute atomic E-state index is 13.3.